The van der Waals surface area contributed by atoms with Gasteiger partial charge in [-0.05, 0) is 61.4 Å². The van der Waals surface area contributed by atoms with E-state index in [4.69, 9.17) is 4.74 Å². The molecular formula is C22H25N3O5. The monoisotopic (exact) mass is 411 g/mol. The lowest BCUT2D eigenvalue weighted by molar-refractivity contribution is -0.114. The first-order valence-corrected chi connectivity index (χ1v) is 9.77. The molecule has 0 aliphatic carbocycles. The largest absolute Gasteiger partial charge is 0.465 e. The molecule has 158 valence electrons. The van der Waals surface area contributed by atoms with Crippen molar-refractivity contribution in [2.75, 3.05) is 37.4 Å². The fourth-order valence-corrected chi connectivity index (χ4v) is 3.05. The lowest BCUT2D eigenvalue weighted by Gasteiger charge is -2.11. The van der Waals surface area contributed by atoms with E-state index < -0.39 is 5.97 Å². The standard InChI is InChI=1S/C22H25N3O5/c1-29-22(28)16-6-10-18(11-7-16)25-20(26)14-23-17-8-4-15(5-9-17)21(27)24-13-19-3-2-12-30-19/h4-11,19,23H,2-3,12-14H2,1H3,(H,24,27)(H,25,26). The average Bonchev–Trinajstić information content (AvgIpc) is 3.30. The first-order chi connectivity index (χ1) is 14.5. The minimum absolute atomic E-state index is 0.0588. The van der Waals surface area contributed by atoms with Crippen LogP contribution >= 0.6 is 0 Å². The molecule has 1 atom stereocenters. The smallest absolute Gasteiger partial charge is 0.337 e. The van der Waals surface area contributed by atoms with Gasteiger partial charge in [0.25, 0.3) is 5.91 Å². The lowest BCUT2D eigenvalue weighted by atomic mass is 10.2. The highest BCUT2D eigenvalue weighted by Crippen LogP contribution is 2.13. The van der Waals surface area contributed by atoms with Crippen LogP contribution < -0.4 is 16.0 Å². The summed E-state index contributed by atoms with van der Waals surface area (Å²) in [4.78, 5) is 35.7. The number of hydrogen-bond acceptors (Lipinski definition) is 6. The fourth-order valence-electron chi connectivity index (χ4n) is 3.05. The fraction of sp³-hybridized carbons (Fsp3) is 0.318. The van der Waals surface area contributed by atoms with Crippen LogP contribution in [-0.4, -0.2) is 50.7 Å². The van der Waals surface area contributed by atoms with Gasteiger partial charge >= 0.3 is 5.97 Å². The van der Waals surface area contributed by atoms with Gasteiger partial charge in [-0.3, -0.25) is 9.59 Å². The Morgan fingerprint density at radius 1 is 1.00 bits per heavy atom. The van der Waals surface area contributed by atoms with Crippen LogP contribution in [0.25, 0.3) is 0 Å². The van der Waals surface area contributed by atoms with Crippen LogP contribution in [0, 0.1) is 0 Å². The molecule has 0 radical (unpaired) electrons. The number of ether oxygens (including phenoxy) is 2. The minimum Gasteiger partial charge on any atom is -0.465 e. The number of amides is 2. The van der Waals surface area contributed by atoms with Crippen molar-refractivity contribution in [3.8, 4) is 0 Å². The molecule has 2 aromatic carbocycles. The van der Waals surface area contributed by atoms with Crippen molar-refractivity contribution < 1.29 is 23.9 Å². The molecule has 2 aromatic rings. The van der Waals surface area contributed by atoms with Crippen molar-refractivity contribution in [3.63, 3.8) is 0 Å². The highest BCUT2D eigenvalue weighted by molar-refractivity contribution is 5.96. The van der Waals surface area contributed by atoms with Gasteiger partial charge in [0.1, 0.15) is 0 Å². The van der Waals surface area contributed by atoms with Gasteiger partial charge in [0.05, 0.1) is 25.3 Å². The van der Waals surface area contributed by atoms with Gasteiger partial charge in [0.15, 0.2) is 0 Å². The average molecular weight is 411 g/mol. The Labute approximate surface area is 174 Å². The molecule has 8 nitrogen and oxygen atoms in total. The number of anilines is 2. The maximum atomic E-state index is 12.2. The number of hydrogen-bond donors (Lipinski definition) is 3. The molecule has 0 aromatic heterocycles. The summed E-state index contributed by atoms with van der Waals surface area (Å²) in [6, 6.07) is 13.3. The summed E-state index contributed by atoms with van der Waals surface area (Å²) >= 11 is 0. The predicted molar refractivity (Wildman–Crippen MR) is 113 cm³/mol. The Morgan fingerprint density at radius 2 is 1.67 bits per heavy atom. The molecule has 1 fully saturated rings. The summed E-state index contributed by atoms with van der Waals surface area (Å²) in [5, 5.41) is 8.62. The van der Waals surface area contributed by atoms with Gasteiger partial charge < -0.3 is 25.4 Å². The van der Waals surface area contributed by atoms with Crippen molar-refractivity contribution in [1.82, 2.24) is 5.32 Å². The quantitative estimate of drug-likeness (QED) is 0.576. The first-order valence-electron chi connectivity index (χ1n) is 9.77. The van der Waals surface area contributed by atoms with Gasteiger partial charge in [0, 0.05) is 30.1 Å². The number of benzene rings is 2. The summed E-state index contributed by atoms with van der Waals surface area (Å²) in [6.07, 6.45) is 2.11. The van der Waals surface area contributed by atoms with Crippen molar-refractivity contribution in [1.29, 1.82) is 0 Å². The number of esters is 1. The van der Waals surface area contributed by atoms with E-state index in [1.54, 1.807) is 48.5 Å². The summed E-state index contributed by atoms with van der Waals surface area (Å²) in [5.74, 6) is -0.817. The highest BCUT2D eigenvalue weighted by Gasteiger charge is 2.16. The highest BCUT2D eigenvalue weighted by atomic mass is 16.5. The molecule has 1 aliphatic heterocycles. The topological polar surface area (TPSA) is 106 Å². The third-order valence-corrected chi connectivity index (χ3v) is 4.70. The number of carbonyl (C=O) groups excluding carboxylic acids is 3. The Morgan fingerprint density at radius 3 is 2.30 bits per heavy atom. The Kier molecular flexibility index (Phi) is 7.40. The van der Waals surface area contributed by atoms with E-state index >= 15 is 0 Å². The van der Waals surface area contributed by atoms with Crippen LogP contribution in [0.5, 0.6) is 0 Å². The Bertz CT molecular complexity index is 875. The molecule has 1 saturated heterocycles. The molecule has 2 amide bonds. The van der Waals surface area contributed by atoms with E-state index in [-0.39, 0.29) is 24.5 Å². The normalized spacial score (nSPS) is 15.3. The maximum absolute atomic E-state index is 12.2. The second kappa shape index (κ2) is 10.4. The van der Waals surface area contributed by atoms with Crippen LogP contribution in [0.2, 0.25) is 0 Å². The molecule has 1 aliphatic rings. The second-order valence-electron chi connectivity index (χ2n) is 6.89. The van der Waals surface area contributed by atoms with Crippen molar-refractivity contribution in [3.05, 3.63) is 59.7 Å². The molecule has 8 heteroatoms. The summed E-state index contributed by atoms with van der Waals surface area (Å²) in [6.45, 7) is 1.33. The van der Waals surface area contributed by atoms with Gasteiger partial charge in [0.2, 0.25) is 5.91 Å². The van der Waals surface area contributed by atoms with E-state index in [1.807, 2.05) is 0 Å². The SMILES string of the molecule is COC(=O)c1ccc(NC(=O)CNc2ccc(C(=O)NCC3CCCO3)cc2)cc1. The van der Waals surface area contributed by atoms with Gasteiger partial charge in [-0.25, -0.2) is 4.79 Å². The lowest BCUT2D eigenvalue weighted by Crippen LogP contribution is -2.31. The van der Waals surface area contributed by atoms with Crippen molar-refractivity contribution in [2.24, 2.45) is 0 Å². The number of carbonyl (C=O) groups is 3. The molecule has 30 heavy (non-hydrogen) atoms. The van der Waals surface area contributed by atoms with Crippen molar-refractivity contribution >= 4 is 29.2 Å². The van der Waals surface area contributed by atoms with E-state index in [2.05, 4.69) is 20.7 Å². The molecule has 1 heterocycles. The first kappa shape index (κ1) is 21.3. The molecular weight excluding hydrogens is 386 g/mol. The Hall–Kier alpha value is -3.39. The van der Waals surface area contributed by atoms with E-state index in [0.717, 1.165) is 25.1 Å². The van der Waals surface area contributed by atoms with Crippen LogP contribution in [0.1, 0.15) is 33.6 Å². The zero-order valence-electron chi connectivity index (χ0n) is 16.8. The van der Waals surface area contributed by atoms with Gasteiger partial charge in [-0.1, -0.05) is 0 Å². The zero-order chi connectivity index (χ0) is 21.3. The molecule has 0 saturated carbocycles. The van der Waals surface area contributed by atoms with Gasteiger partial charge in [-0.2, -0.15) is 0 Å². The summed E-state index contributed by atoms with van der Waals surface area (Å²) in [7, 11) is 1.31. The summed E-state index contributed by atoms with van der Waals surface area (Å²) < 4.78 is 10.1. The van der Waals surface area contributed by atoms with E-state index in [9.17, 15) is 14.4 Å². The van der Waals surface area contributed by atoms with E-state index in [0.29, 0.717) is 23.4 Å². The third-order valence-electron chi connectivity index (χ3n) is 4.70. The predicted octanol–water partition coefficient (Wildman–Crippen LogP) is 2.43. The van der Waals surface area contributed by atoms with Crippen molar-refractivity contribution in [2.45, 2.75) is 18.9 Å². The van der Waals surface area contributed by atoms with Crippen LogP contribution in [0.4, 0.5) is 11.4 Å². The van der Waals surface area contributed by atoms with Crippen LogP contribution in [0.15, 0.2) is 48.5 Å². The van der Waals surface area contributed by atoms with Gasteiger partial charge in [-0.15, -0.1) is 0 Å². The molecule has 3 N–H and O–H groups in total. The molecule has 0 spiro atoms. The maximum Gasteiger partial charge on any atom is 0.337 e. The number of nitrogens with one attached hydrogen (secondary N) is 3. The van der Waals surface area contributed by atoms with Crippen LogP contribution in [0.3, 0.4) is 0 Å². The third kappa shape index (κ3) is 6.05. The second-order valence-corrected chi connectivity index (χ2v) is 6.89. The molecule has 1 unspecified atom stereocenters. The van der Waals surface area contributed by atoms with E-state index in [1.165, 1.54) is 7.11 Å². The molecule has 3 rings (SSSR count). The summed E-state index contributed by atoms with van der Waals surface area (Å²) in [5.41, 5.74) is 2.26. The van der Waals surface area contributed by atoms with Crippen LogP contribution in [-0.2, 0) is 14.3 Å². The zero-order valence-corrected chi connectivity index (χ0v) is 16.8. The number of rotatable bonds is 8. The molecule has 0 bridgehead atoms. The number of methoxy groups -OCH3 is 1. The Balaban J connectivity index is 1.43. The minimum atomic E-state index is -0.432.